The Labute approximate surface area is 157 Å². The van der Waals surface area contributed by atoms with Gasteiger partial charge in [-0.2, -0.15) is 5.10 Å². The minimum atomic E-state index is -0.940. The molecule has 1 saturated carbocycles. The summed E-state index contributed by atoms with van der Waals surface area (Å²) in [5.41, 5.74) is -0.266. The van der Waals surface area contributed by atoms with E-state index in [0.717, 1.165) is 23.9 Å². The Hall–Kier alpha value is -2.70. The van der Waals surface area contributed by atoms with E-state index in [1.54, 1.807) is 31.2 Å². The number of nitrogens with zero attached hydrogens (tertiary/aromatic N) is 2. The number of carbonyl (C=O) groups excluding carboxylic acids is 2. The van der Waals surface area contributed by atoms with Gasteiger partial charge in [0.2, 0.25) is 0 Å². The molecule has 27 heavy (non-hydrogen) atoms. The van der Waals surface area contributed by atoms with Gasteiger partial charge < -0.3 is 10.1 Å². The van der Waals surface area contributed by atoms with Crippen LogP contribution in [0.1, 0.15) is 50.0 Å². The minimum absolute atomic E-state index is 0.0263. The zero-order chi connectivity index (χ0) is 19.6. The monoisotopic (exact) mass is 371 g/mol. The number of nitrogens with one attached hydrogen (secondary N) is 1. The third kappa shape index (κ3) is 4.02. The fraction of sp³-hybridized carbons (Fsp3) is 0.500. The lowest BCUT2D eigenvalue weighted by atomic mass is 9.86. The van der Waals surface area contributed by atoms with E-state index in [9.17, 15) is 14.4 Å². The molecule has 1 heterocycles. The van der Waals surface area contributed by atoms with Crippen LogP contribution in [0.2, 0.25) is 0 Å². The fourth-order valence-electron chi connectivity index (χ4n) is 3.55. The molecule has 7 heteroatoms. The van der Waals surface area contributed by atoms with Crippen molar-refractivity contribution in [3.8, 4) is 0 Å². The zero-order valence-corrected chi connectivity index (χ0v) is 15.9. The van der Waals surface area contributed by atoms with Gasteiger partial charge in [0.25, 0.3) is 11.5 Å². The van der Waals surface area contributed by atoms with Gasteiger partial charge in [0.15, 0.2) is 11.8 Å². The summed E-state index contributed by atoms with van der Waals surface area (Å²) in [5, 5.41) is 7.83. The maximum absolute atomic E-state index is 12.6. The van der Waals surface area contributed by atoms with Gasteiger partial charge in [0.1, 0.15) is 0 Å². The molecule has 7 nitrogen and oxygen atoms in total. The number of rotatable bonds is 4. The largest absolute Gasteiger partial charge is 0.448 e. The standard InChI is InChI=1S/C20H25N3O4/c1-12-8-4-7-11-16(12)21-18(24)13(2)27-20(26)17-14-9-5-6-10-15(14)19(25)23(3)22-17/h5-6,9-10,12-13,16H,4,7-8,11H2,1-3H3,(H,21,24)/t12-,13-,16-/m1/s1. The summed E-state index contributed by atoms with van der Waals surface area (Å²) in [5.74, 6) is -0.614. The summed E-state index contributed by atoms with van der Waals surface area (Å²) >= 11 is 0. The summed E-state index contributed by atoms with van der Waals surface area (Å²) in [6, 6.07) is 6.84. The first kappa shape index (κ1) is 19.1. The molecule has 1 aromatic heterocycles. The van der Waals surface area contributed by atoms with E-state index in [-0.39, 0.29) is 23.2 Å². The van der Waals surface area contributed by atoms with Crippen LogP contribution in [-0.2, 0) is 16.6 Å². The third-order valence-electron chi connectivity index (χ3n) is 5.24. The molecule has 3 rings (SSSR count). The Balaban J connectivity index is 1.75. The average molecular weight is 371 g/mol. The molecule has 1 amide bonds. The maximum Gasteiger partial charge on any atom is 0.360 e. The molecule has 1 aliphatic rings. The van der Waals surface area contributed by atoms with Crippen molar-refractivity contribution in [2.75, 3.05) is 0 Å². The summed E-state index contributed by atoms with van der Waals surface area (Å²) in [6.07, 6.45) is 3.37. The molecule has 0 radical (unpaired) electrons. The summed E-state index contributed by atoms with van der Waals surface area (Å²) in [6.45, 7) is 3.67. The van der Waals surface area contributed by atoms with Gasteiger partial charge in [0.05, 0.1) is 5.39 Å². The quantitative estimate of drug-likeness (QED) is 0.832. The van der Waals surface area contributed by atoms with Gasteiger partial charge in [-0.05, 0) is 31.7 Å². The van der Waals surface area contributed by atoms with Crippen LogP contribution >= 0.6 is 0 Å². The van der Waals surface area contributed by atoms with Crippen molar-refractivity contribution in [3.05, 3.63) is 40.3 Å². The molecule has 0 bridgehead atoms. The maximum atomic E-state index is 12.6. The molecule has 0 saturated heterocycles. The van der Waals surface area contributed by atoms with Gasteiger partial charge in [-0.3, -0.25) is 9.59 Å². The van der Waals surface area contributed by atoms with Crippen molar-refractivity contribution in [1.82, 2.24) is 15.1 Å². The van der Waals surface area contributed by atoms with Crippen LogP contribution in [0.4, 0.5) is 0 Å². The summed E-state index contributed by atoms with van der Waals surface area (Å²) in [7, 11) is 1.48. The van der Waals surface area contributed by atoms with Crippen LogP contribution in [0.3, 0.4) is 0 Å². The van der Waals surface area contributed by atoms with E-state index in [1.807, 2.05) is 0 Å². The van der Waals surface area contributed by atoms with Crippen molar-refractivity contribution in [1.29, 1.82) is 0 Å². The molecule has 0 unspecified atom stereocenters. The van der Waals surface area contributed by atoms with Crippen molar-refractivity contribution < 1.29 is 14.3 Å². The molecular formula is C20H25N3O4. The Bertz CT molecular complexity index is 921. The van der Waals surface area contributed by atoms with Crippen LogP contribution in [0.5, 0.6) is 0 Å². The molecule has 0 aliphatic heterocycles. The van der Waals surface area contributed by atoms with Crippen molar-refractivity contribution in [2.24, 2.45) is 13.0 Å². The number of hydrogen-bond acceptors (Lipinski definition) is 5. The zero-order valence-electron chi connectivity index (χ0n) is 15.9. The second-order valence-electron chi connectivity index (χ2n) is 7.25. The van der Waals surface area contributed by atoms with Crippen LogP contribution in [0.25, 0.3) is 10.8 Å². The van der Waals surface area contributed by atoms with E-state index in [2.05, 4.69) is 17.3 Å². The number of benzene rings is 1. The number of ether oxygens (including phenoxy) is 1. The topological polar surface area (TPSA) is 90.3 Å². The van der Waals surface area contributed by atoms with Crippen molar-refractivity contribution in [2.45, 2.75) is 51.7 Å². The van der Waals surface area contributed by atoms with Gasteiger partial charge in [-0.15, -0.1) is 0 Å². The molecular weight excluding hydrogens is 346 g/mol. The Morgan fingerprint density at radius 2 is 1.89 bits per heavy atom. The second-order valence-corrected chi connectivity index (χ2v) is 7.25. The van der Waals surface area contributed by atoms with Crippen LogP contribution in [0.15, 0.2) is 29.1 Å². The van der Waals surface area contributed by atoms with Gasteiger partial charge in [-0.1, -0.05) is 38.0 Å². The fourth-order valence-corrected chi connectivity index (χ4v) is 3.55. The Kier molecular flexibility index (Phi) is 5.58. The molecule has 1 N–H and O–H groups in total. The lowest BCUT2D eigenvalue weighted by Crippen LogP contribution is -2.46. The lowest BCUT2D eigenvalue weighted by molar-refractivity contribution is -0.130. The summed E-state index contributed by atoms with van der Waals surface area (Å²) in [4.78, 5) is 37.2. The highest BCUT2D eigenvalue weighted by atomic mass is 16.5. The number of aryl methyl sites for hydroxylation is 1. The highest BCUT2D eigenvalue weighted by Crippen LogP contribution is 2.24. The predicted octanol–water partition coefficient (Wildman–Crippen LogP) is 2.17. The number of fused-ring (bicyclic) bond motifs is 1. The molecule has 2 aromatic rings. The van der Waals surface area contributed by atoms with Gasteiger partial charge in [-0.25, -0.2) is 9.48 Å². The molecule has 144 valence electrons. The molecule has 3 atom stereocenters. The number of amides is 1. The molecule has 1 aromatic carbocycles. The first-order valence-electron chi connectivity index (χ1n) is 9.36. The van der Waals surface area contributed by atoms with Crippen molar-refractivity contribution >= 4 is 22.6 Å². The van der Waals surface area contributed by atoms with Gasteiger partial charge in [0, 0.05) is 18.5 Å². The molecule has 1 fully saturated rings. The van der Waals surface area contributed by atoms with Gasteiger partial charge >= 0.3 is 5.97 Å². The van der Waals surface area contributed by atoms with Crippen molar-refractivity contribution in [3.63, 3.8) is 0 Å². The second kappa shape index (κ2) is 7.90. The van der Waals surface area contributed by atoms with E-state index in [4.69, 9.17) is 4.74 Å². The Morgan fingerprint density at radius 1 is 1.22 bits per heavy atom. The van der Waals surface area contributed by atoms with E-state index >= 15 is 0 Å². The molecule has 0 spiro atoms. The van der Waals surface area contributed by atoms with Crippen LogP contribution in [0, 0.1) is 5.92 Å². The minimum Gasteiger partial charge on any atom is -0.448 e. The number of esters is 1. The van der Waals surface area contributed by atoms with Crippen LogP contribution in [-0.4, -0.2) is 33.8 Å². The lowest BCUT2D eigenvalue weighted by Gasteiger charge is -2.30. The van der Waals surface area contributed by atoms with E-state index in [1.165, 1.54) is 13.5 Å². The highest BCUT2D eigenvalue weighted by Gasteiger charge is 2.27. The SMILES string of the molecule is C[C@@H]1CCCC[C@H]1NC(=O)[C@@H](C)OC(=O)c1nn(C)c(=O)c2ccccc12. The highest BCUT2D eigenvalue weighted by molar-refractivity contribution is 6.02. The third-order valence-corrected chi connectivity index (χ3v) is 5.24. The first-order valence-corrected chi connectivity index (χ1v) is 9.36. The number of hydrogen-bond donors (Lipinski definition) is 1. The van der Waals surface area contributed by atoms with E-state index < -0.39 is 12.1 Å². The average Bonchev–Trinajstić information content (AvgIpc) is 2.66. The number of carbonyl (C=O) groups is 2. The molecule has 1 aliphatic carbocycles. The predicted molar refractivity (Wildman–Crippen MR) is 101 cm³/mol. The van der Waals surface area contributed by atoms with E-state index in [0.29, 0.717) is 16.7 Å². The normalized spacial score (nSPS) is 20.9. The van der Waals surface area contributed by atoms with Crippen LogP contribution < -0.4 is 10.9 Å². The first-order chi connectivity index (χ1) is 12.9. The number of aromatic nitrogens is 2. The summed E-state index contributed by atoms with van der Waals surface area (Å²) < 4.78 is 6.45. The Morgan fingerprint density at radius 3 is 2.59 bits per heavy atom. The smallest absolute Gasteiger partial charge is 0.360 e.